The second-order valence-electron chi connectivity index (χ2n) is 3.73. The van der Waals surface area contributed by atoms with Gasteiger partial charge in [0.25, 0.3) is 0 Å². The third-order valence-corrected chi connectivity index (χ3v) is 2.25. The van der Waals surface area contributed by atoms with Crippen LogP contribution in [0.25, 0.3) is 6.08 Å². The van der Waals surface area contributed by atoms with Crippen molar-refractivity contribution < 1.29 is 18.9 Å². The zero-order chi connectivity index (χ0) is 13.9. The zero-order valence-corrected chi connectivity index (χ0v) is 11.4. The summed E-state index contributed by atoms with van der Waals surface area (Å²) >= 11 is 0. The van der Waals surface area contributed by atoms with Crippen molar-refractivity contribution in [2.45, 2.75) is 6.42 Å². The van der Waals surface area contributed by atoms with Crippen molar-refractivity contribution in [3.63, 3.8) is 0 Å². The van der Waals surface area contributed by atoms with Gasteiger partial charge in [0.2, 0.25) is 0 Å². The summed E-state index contributed by atoms with van der Waals surface area (Å²) in [7, 11) is 3.14. The fraction of sp³-hybridized carbons (Fsp3) is 0.333. The first-order valence-corrected chi connectivity index (χ1v) is 5.96. The lowest BCUT2D eigenvalue weighted by Crippen LogP contribution is -2.04. The summed E-state index contributed by atoms with van der Waals surface area (Å²) in [6.07, 6.45) is 6.70. The maximum Gasteiger partial charge on any atom is 0.188 e. The van der Waals surface area contributed by atoms with Crippen LogP contribution >= 0.6 is 0 Å². The highest BCUT2D eigenvalue weighted by molar-refractivity contribution is 5.56. The molecule has 4 nitrogen and oxygen atoms in total. The Labute approximate surface area is 114 Å². The summed E-state index contributed by atoms with van der Waals surface area (Å²) in [5.74, 6) is 1.25. The smallest absolute Gasteiger partial charge is 0.188 e. The first kappa shape index (κ1) is 15.3. The van der Waals surface area contributed by atoms with Crippen molar-refractivity contribution in [3.05, 3.63) is 42.5 Å². The second kappa shape index (κ2) is 9.19. The molecular formula is C15H20O4. The Morgan fingerprint density at radius 3 is 2.37 bits per heavy atom. The second-order valence-corrected chi connectivity index (χ2v) is 3.73. The Hall–Kier alpha value is -1.78. The van der Waals surface area contributed by atoms with Crippen LogP contribution in [0.1, 0.15) is 12.0 Å². The van der Waals surface area contributed by atoms with Gasteiger partial charge in [0.05, 0.1) is 0 Å². The Morgan fingerprint density at radius 1 is 1.05 bits per heavy atom. The van der Waals surface area contributed by atoms with Crippen molar-refractivity contribution in [1.82, 2.24) is 0 Å². The van der Waals surface area contributed by atoms with E-state index < -0.39 is 0 Å². The van der Waals surface area contributed by atoms with Gasteiger partial charge in [-0.15, -0.1) is 6.58 Å². The minimum Gasteiger partial charge on any atom is -0.464 e. The number of hydrogen-bond acceptors (Lipinski definition) is 4. The molecule has 0 N–H and O–H groups in total. The van der Waals surface area contributed by atoms with Crippen LogP contribution < -0.4 is 9.47 Å². The van der Waals surface area contributed by atoms with Crippen LogP contribution in [0.15, 0.2) is 36.9 Å². The molecule has 0 aliphatic rings. The summed E-state index contributed by atoms with van der Waals surface area (Å²) in [4.78, 5) is 0. The van der Waals surface area contributed by atoms with E-state index >= 15 is 0 Å². The number of benzene rings is 1. The van der Waals surface area contributed by atoms with Crippen molar-refractivity contribution in [2.75, 3.05) is 27.8 Å². The van der Waals surface area contributed by atoms with Gasteiger partial charge in [-0.05, 0) is 24.1 Å². The third kappa shape index (κ3) is 5.59. The zero-order valence-electron chi connectivity index (χ0n) is 11.4. The molecule has 0 heterocycles. The molecule has 104 valence electrons. The molecule has 0 aromatic heterocycles. The molecule has 0 spiro atoms. The van der Waals surface area contributed by atoms with Crippen molar-refractivity contribution in [2.24, 2.45) is 0 Å². The van der Waals surface area contributed by atoms with Crippen LogP contribution in [-0.2, 0) is 9.47 Å². The van der Waals surface area contributed by atoms with Crippen LogP contribution in [0.4, 0.5) is 0 Å². The summed E-state index contributed by atoms with van der Waals surface area (Å²) in [6, 6.07) is 5.69. The molecule has 0 saturated carbocycles. The maximum atomic E-state index is 5.47. The number of methoxy groups -OCH3 is 2. The minimum atomic E-state index is 0.170. The first-order chi connectivity index (χ1) is 9.31. The number of allylic oxidation sites excluding steroid dienone is 2. The van der Waals surface area contributed by atoms with Gasteiger partial charge >= 0.3 is 0 Å². The van der Waals surface area contributed by atoms with Gasteiger partial charge in [0.15, 0.2) is 25.1 Å². The predicted molar refractivity (Wildman–Crippen MR) is 75.3 cm³/mol. The molecule has 0 unspecified atom stereocenters. The molecule has 19 heavy (non-hydrogen) atoms. The van der Waals surface area contributed by atoms with E-state index in [9.17, 15) is 0 Å². The van der Waals surface area contributed by atoms with Gasteiger partial charge in [-0.2, -0.15) is 0 Å². The number of hydrogen-bond donors (Lipinski definition) is 0. The Kier molecular flexibility index (Phi) is 7.39. The van der Waals surface area contributed by atoms with Crippen LogP contribution in [0.3, 0.4) is 0 Å². The first-order valence-electron chi connectivity index (χ1n) is 5.96. The summed E-state index contributed by atoms with van der Waals surface area (Å²) in [5.41, 5.74) is 1.03. The largest absolute Gasteiger partial charge is 0.464 e. The van der Waals surface area contributed by atoms with Crippen LogP contribution in [0.5, 0.6) is 11.5 Å². The molecule has 0 fully saturated rings. The standard InChI is InChI=1S/C15H20O4/c1-4-5-6-7-13-8-9-14(18-11-16-2)15(10-13)19-12-17-3/h4,6-10H,1,5,11-12H2,2-3H3/b7-6+. The monoisotopic (exact) mass is 264 g/mol. The van der Waals surface area contributed by atoms with E-state index in [-0.39, 0.29) is 13.6 Å². The van der Waals surface area contributed by atoms with Gasteiger partial charge in [0, 0.05) is 14.2 Å². The summed E-state index contributed by atoms with van der Waals surface area (Å²) in [6.45, 7) is 4.02. The highest BCUT2D eigenvalue weighted by Crippen LogP contribution is 2.29. The summed E-state index contributed by atoms with van der Waals surface area (Å²) < 4.78 is 20.7. The molecule has 0 aliphatic heterocycles. The normalized spacial score (nSPS) is 10.6. The van der Waals surface area contributed by atoms with Gasteiger partial charge in [-0.1, -0.05) is 24.3 Å². The van der Waals surface area contributed by atoms with Gasteiger partial charge in [-0.3, -0.25) is 0 Å². The van der Waals surface area contributed by atoms with E-state index in [4.69, 9.17) is 18.9 Å². The fourth-order valence-corrected chi connectivity index (χ4v) is 1.41. The van der Waals surface area contributed by atoms with E-state index in [0.29, 0.717) is 11.5 Å². The van der Waals surface area contributed by atoms with Gasteiger partial charge in [-0.25, -0.2) is 0 Å². The Bertz CT molecular complexity index is 413. The fourth-order valence-electron chi connectivity index (χ4n) is 1.41. The third-order valence-electron chi connectivity index (χ3n) is 2.25. The number of ether oxygens (including phenoxy) is 4. The molecule has 0 radical (unpaired) electrons. The molecule has 0 atom stereocenters. The van der Waals surface area contributed by atoms with Crippen LogP contribution in [0.2, 0.25) is 0 Å². The lowest BCUT2D eigenvalue weighted by atomic mass is 10.2. The lowest BCUT2D eigenvalue weighted by molar-refractivity contribution is 0.0322. The number of rotatable bonds is 9. The van der Waals surface area contributed by atoms with Crippen molar-refractivity contribution in [1.29, 1.82) is 0 Å². The quantitative estimate of drug-likeness (QED) is 0.507. The SMILES string of the molecule is C=CC/C=C/c1ccc(OCOC)c(OCOC)c1. The molecule has 0 saturated heterocycles. The van der Waals surface area contributed by atoms with Crippen LogP contribution in [-0.4, -0.2) is 27.8 Å². The van der Waals surface area contributed by atoms with E-state index in [1.54, 1.807) is 14.2 Å². The molecule has 0 amide bonds. The summed E-state index contributed by atoms with van der Waals surface area (Å²) in [5, 5.41) is 0. The molecule has 0 aliphatic carbocycles. The highest BCUT2D eigenvalue weighted by Gasteiger charge is 2.05. The van der Waals surface area contributed by atoms with Crippen molar-refractivity contribution >= 4 is 6.08 Å². The molecule has 1 aromatic rings. The maximum absolute atomic E-state index is 5.47. The minimum absolute atomic E-state index is 0.170. The van der Waals surface area contributed by atoms with Crippen molar-refractivity contribution in [3.8, 4) is 11.5 Å². The molecule has 0 bridgehead atoms. The average Bonchev–Trinajstić information content (AvgIpc) is 2.44. The highest BCUT2D eigenvalue weighted by atomic mass is 16.7. The molecule has 4 heteroatoms. The van der Waals surface area contributed by atoms with E-state index in [1.165, 1.54) is 0 Å². The average molecular weight is 264 g/mol. The topological polar surface area (TPSA) is 36.9 Å². The Morgan fingerprint density at radius 2 is 1.74 bits per heavy atom. The van der Waals surface area contributed by atoms with E-state index in [2.05, 4.69) is 6.58 Å². The Balaban J connectivity index is 2.83. The van der Waals surface area contributed by atoms with Gasteiger partial charge < -0.3 is 18.9 Å². The molecule has 1 aromatic carbocycles. The van der Waals surface area contributed by atoms with Crippen LogP contribution in [0, 0.1) is 0 Å². The van der Waals surface area contributed by atoms with E-state index in [0.717, 1.165) is 12.0 Å². The van der Waals surface area contributed by atoms with Gasteiger partial charge in [0.1, 0.15) is 0 Å². The van der Waals surface area contributed by atoms with E-state index in [1.807, 2.05) is 36.4 Å². The molecular weight excluding hydrogens is 244 g/mol. The lowest BCUT2D eigenvalue weighted by Gasteiger charge is -2.12. The predicted octanol–water partition coefficient (Wildman–Crippen LogP) is 3.24. The molecule has 1 rings (SSSR count).